The van der Waals surface area contributed by atoms with Crippen LogP contribution >= 0.6 is 0 Å². The van der Waals surface area contributed by atoms with Gasteiger partial charge in [0.05, 0.1) is 11.1 Å². The van der Waals surface area contributed by atoms with Crippen LogP contribution in [0.3, 0.4) is 0 Å². The van der Waals surface area contributed by atoms with E-state index < -0.39 is 40.1 Å². The van der Waals surface area contributed by atoms with Gasteiger partial charge in [0.2, 0.25) is 11.6 Å². The maximum atomic E-state index is 12.0. The number of phenolic OH excluding ortho intramolecular Hbond substituents is 3. The Hall–Kier alpha value is -2.50. The first kappa shape index (κ1) is 13.9. The number of carbonyl (C=O) groups excluding carboxylic acids is 2. The van der Waals surface area contributed by atoms with Gasteiger partial charge in [0.1, 0.15) is 11.5 Å². The minimum Gasteiger partial charge on any atom is -0.507 e. The SMILES string of the molecule is CCC1=C(O)c2c(O)c(CC)c(O)c(O)c2C(=O)C1=O. The van der Waals surface area contributed by atoms with Crippen LogP contribution in [0.2, 0.25) is 0 Å². The number of aliphatic hydroxyl groups excluding tert-OH is 1. The Balaban J connectivity index is 2.97. The van der Waals surface area contributed by atoms with Crippen LogP contribution in [0.4, 0.5) is 0 Å². The van der Waals surface area contributed by atoms with Crippen molar-refractivity contribution in [3.05, 3.63) is 22.3 Å². The molecule has 0 aliphatic heterocycles. The molecule has 0 radical (unpaired) electrons. The van der Waals surface area contributed by atoms with E-state index in [9.17, 15) is 30.0 Å². The van der Waals surface area contributed by atoms with Crippen LogP contribution < -0.4 is 0 Å². The number of Topliss-reactive ketones (excluding diaryl/α,β-unsaturated/α-hetero) is 2. The molecule has 0 spiro atoms. The number of aromatic hydroxyl groups is 3. The van der Waals surface area contributed by atoms with E-state index >= 15 is 0 Å². The lowest BCUT2D eigenvalue weighted by Gasteiger charge is -2.21. The van der Waals surface area contributed by atoms with Gasteiger partial charge in [-0.2, -0.15) is 0 Å². The van der Waals surface area contributed by atoms with Crippen LogP contribution in [-0.2, 0) is 11.2 Å². The molecule has 0 aromatic heterocycles. The summed E-state index contributed by atoms with van der Waals surface area (Å²) in [5.41, 5.74) is -0.967. The molecule has 4 N–H and O–H groups in total. The van der Waals surface area contributed by atoms with Gasteiger partial charge in [-0.05, 0) is 12.8 Å². The van der Waals surface area contributed by atoms with Gasteiger partial charge in [-0.15, -0.1) is 0 Å². The average Bonchev–Trinajstić information content (AvgIpc) is 2.41. The third kappa shape index (κ3) is 1.57. The molecule has 2 rings (SSSR count). The number of carbonyl (C=O) groups is 2. The summed E-state index contributed by atoms with van der Waals surface area (Å²) >= 11 is 0. The van der Waals surface area contributed by atoms with E-state index in [2.05, 4.69) is 0 Å². The summed E-state index contributed by atoms with van der Waals surface area (Å²) in [5, 5.41) is 39.8. The third-order valence-electron chi connectivity index (χ3n) is 3.46. The van der Waals surface area contributed by atoms with Crippen LogP contribution in [0.25, 0.3) is 5.76 Å². The van der Waals surface area contributed by atoms with Crippen molar-refractivity contribution < 1.29 is 30.0 Å². The highest BCUT2D eigenvalue weighted by molar-refractivity contribution is 6.53. The molecule has 0 saturated heterocycles. The number of fused-ring (bicyclic) bond motifs is 1. The van der Waals surface area contributed by atoms with Gasteiger partial charge in [0.25, 0.3) is 0 Å². The number of hydrogen-bond acceptors (Lipinski definition) is 6. The number of ketones is 2. The topological polar surface area (TPSA) is 115 Å². The molecule has 1 aromatic rings. The number of hydrogen-bond donors (Lipinski definition) is 4. The normalized spacial score (nSPS) is 14.7. The molecule has 0 amide bonds. The van der Waals surface area contributed by atoms with Crippen molar-refractivity contribution >= 4 is 17.3 Å². The molecule has 0 fully saturated rings. The molecule has 0 bridgehead atoms. The highest BCUT2D eigenvalue weighted by Gasteiger charge is 2.38. The van der Waals surface area contributed by atoms with E-state index in [1.165, 1.54) is 0 Å². The maximum Gasteiger partial charge on any atom is 0.238 e. The smallest absolute Gasteiger partial charge is 0.238 e. The molecule has 0 heterocycles. The summed E-state index contributed by atoms with van der Waals surface area (Å²) in [6.45, 7) is 3.21. The molecule has 20 heavy (non-hydrogen) atoms. The number of allylic oxidation sites excluding steroid dienone is 1. The third-order valence-corrected chi connectivity index (χ3v) is 3.46. The van der Waals surface area contributed by atoms with Crippen molar-refractivity contribution in [2.24, 2.45) is 0 Å². The molecule has 1 aliphatic carbocycles. The van der Waals surface area contributed by atoms with Gasteiger partial charge in [-0.1, -0.05) is 13.8 Å². The first-order valence-electron chi connectivity index (χ1n) is 6.17. The molecular weight excluding hydrogens is 264 g/mol. The Morgan fingerprint density at radius 1 is 0.750 bits per heavy atom. The van der Waals surface area contributed by atoms with Gasteiger partial charge in [-0.3, -0.25) is 9.59 Å². The van der Waals surface area contributed by atoms with Gasteiger partial charge in [-0.25, -0.2) is 0 Å². The van der Waals surface area contributed by atoms with Crippen LogP contribution in [-0.4, -0.2) is 32.0 Å². The summed E-state index contributed by atoms with van der Waals surface area (Å²) in [7, 11) is 0. The molecule has 0 saturated carbocycles. The highest BCUT2D eigenvalue weighted by atomic mass is 16.3. The quantitative estimate of drug-likeness (QED) is 0.372. The Labute approximate surface area is 114 Å². The first-order chi connectivity index (χ1) is 9.36. The Kier molecular flexibility index (Phi) is 3.17. The van der Waals surface area contributed by atoms with E-state index in [-0.39, 0.29) is 29.5 Å². The molecule has 1 aliphatic rings. The van der Waals surface area contributed by atoms with Crippen molar-refractivity contribution in [2.45, 2.75) is 26.7 Å². The molecule has 106 valence electrons. The van der Waals surface area contributed by atoms with Crippen molar-refractivity contribution in [1.82, 2.24) is 0 Å². The number of aliphatic hydroxyl groups is 1. The van der Waals surface area contributed by atoms with Crippen LogP contribution in [0.15, 0.2) is 5.57 Å². The number of benzene rings is 1. The van der Waals surface area contributed by atoms with Gasteiger partial charge in [0.15, 0.2) is 11.5 Å². The van der Waals surface area contributed by atoms with E-state index in [4.69, 9.17) is 0 Å². The van der Waals surface area contributed by atoms with Gasteiger partial charge < -0.3 is 20.4 Å². The van der Waals surface area contributed by atoms with E-state index in [0.717, 1.165) is 0 Å². The second-order valence-electron chi connectivity index (χ2n) is 4.47. The standard InChI is InChI=1S/C14H14O6/c1-3-5-9(15)7-8(13(19)11(5)17)14(20)12(18)6(4-2)10(7)16/h15-17,19H,3-4H2,1-2H3. The second-order valence-corrected chi connectivity index (χ2v) is 4.47. The van der Waals surface area contributed by atoms with Crippen molar-refractivity contribution in [1.29, 1.82) is 0 Å². The van der Waals surface area contributed by atoms with Gasteiger partial charge in [0, 0.05) is 11.1 Å². The molecular formula is C14H14O6. The van der Waals surface area contributed by atoms with Crippen LogP contribution in [0.5, 0.6) is 17.2 Å². The fraction of sp³-hybridized carbons (Fsp3) is 0.286. The molecule has 0 atom stereocenters. The molecule has 6 heteroatoms. The Bertz CT molecular complexity index is 669. The lowest BCUT2D eigenvalue weighted by Crippen LogP contribution is -2.24. The molecule has 0 unspecified atom stereocenters. The zero-order valence-electron chi connectivity index (χ0n) is 11.0. The Morgan fingerprint density at radius 2 is 1.35 bits per heavy atom. The number of rotatable bonds is 2. The van der Waals surface area contributed by atoms with Crippen molar-refractivity contribution in [3.8, 4) is 17.2 Å². The lowest BCUT2D eigenvalue weighted by atomic mass is 9.84. The second kappa shape index (κ2) is 4.56. The van der Waals surface area contributed by atoms with E-state index in [1.54, 1.807) is 13.8 Å². The predicted octanol–water partition coefficient (Wildman–Crippen LogP) is 1.81. The first-order valence-corrected chi connectivity index (χ1v) is 6.17. The highest BCUT2D eigenvalue weighted by Crippen LogP contribution is 2.47. The van der Waals surface area contributed by atoms with Crippen molar-refractivity contribution in [2.75, 3.05) is 0 Å². The summed E-state index contributed by atoms with van der Waals surface area (Å²) in [5.74, 6) is -4.49. The fourth-order valence-corrected chi connectivity index (χ4v) is 2.38. The molecule has 6 nitrogen and oxygen atoms in total. The summed E-state index contributed by atoms with van der Waals surface area (Å²) in [6.07, 6.45) is 0.285. The van der Waals surface area contributed by atoms with Crippen LogP contribution in [0.1, 0.15) is 41.8 Å². The summed E-state index contributed by atoms with van der Waals surface area (Å²) < 4.78 is 0. The minimum absolute atomic E-state index is 0.00500. The largest absolute Gasteiger partial charge is 0.507 e. The zero-order chi connectivity index (χ0) is 15.2. The maximum absolute atomic E-state index is 12.0. The fourth-order valence-electron chi connectivity index (χ4n) is 2.38. The minimum atomic E-state index is -1.06. The van der Waals surface area contributed by atoms with Crippen molar-refractivity contribution in [3.63, 3.8) is 0 Å². The zero-order valence-corrected chi connectivity index (χ0v) is 11.0. The van der Waals surface area contributed by atoms with E-state index in [1.807, 2.05) is 0 Å². The average molecular weight is 278 g/mol. The number of phenols is 3. The van der Waals surface area contributed by atoms with Crippen LogP contribution in [0, 0.1) is 0 Å². The van der Waals surface area contributed by atoms with Gasteiger partial charge >= 0.3 is 0 Å². The molecule has 1 aromatic carbocycles. The summed E-state index contributed by atoms with van der Waals surface area (Å²) in [6, 6.07) is 0. The monoisotopic (exact) mass is 278 g/mol. The summed E-state index contributed by atoms with van der Waals surface area (Å²) in [4.78, 5) is 23.8. The van der Waals surface area contributed by atoms with E-state index in [0.29, 0.717) is 0 Å². The Morgan fingerprint density at radius 3 is 1.85 bits per heavy atom. The predicted molar refractivity (Wildman–Crippen MR) is 70.0 cm³/mol. The lowest BCUT2D eigenvalue weighted by molar-refractivity contribution is -0.112.